The van der Waals surface area contributed by atoms with E-state index >= 15 is 0 Å². The van der Waals surface area contributed by atoms with Crippen molar-refractivity contribution in [2.75, 3.05) is 20.5 Å². The van der Waals surface area contributed by atoms with Crippen LogP contribution in [-0.2, 0) is 22.0 Å². The summed E-state index contributed by atoms with van der Waals surface area (Å²) in [6, 6.07) is 14.7. The van der Waals surface area contributed by atoms with Crippen LogP contribution in [0.1, 0.15) is 80.6 Å². The molecule has 1 aromatic heterocycles. The monoisotopic (exact) mass is 530 g/mol. The number of benzene rings is 2. The summed E-state index contributed by atoms with van der Waals surface area (Å²) < 4.78 is 17.3. The van der Waals surface area contributed by atoms with Gasteiger partial charge >= 0.3 is 5.97 Å². The molecule has 0 aliphatic rings. The molecular weight excluding hydrogens is 492 g/mol. The molecule has 0 atom stereocenters. The van der Waals surface area contributed by atoms with Crippen molar-refractivity contribution in [3.05, 3.63) is 76.5 Å². The highest BCUT2D eigenvalue weighted by Gasteiger charge is 2.28. The van der Waals surface area contributed by atoms with Crippen molar-refractivity contribution in [3.63, 3.8) is 0 Å². The van der Waals surface area contributed by atoms with Gasteiger partial charge in [0.25, 0.3) is 0 Å². The molecule has 0 unspecified atom stereocenters. The molecule has 0 spiro atoms. The Morgan fingerprint density at radius 3 is 2.23 bits per heavy atom. The number of methoxy groups -OCH3 is 1. The molecule has 0 aliphatic heterocycles. The average molecular weight is 531 g/mol. The predicted octanol–water partition coefficient (Wildman–Crippen LogP) is 6.91. The summed E-state index contributed by atoms with van der Waals surface area (Å²) >= 11 is 0. The minimum Gasteiger partial charge on any atom is -0.492 e. The van der Waals surface area contributed by atoms with E-state index in [0.717, 1.165) is 29.7 Å². The van der Waals surface area contributed by atoms with Crippen LogP contribution in [0.2, 0.25) is 0 Å². The summed E-state index contributed by atoms with van der Waals surface area (Å²) in [5.74, 6) is 0.275. The molecule has 2 aromatic carbocycles. The van der Waals surface area contributed by atoms with Crippen LogP contribution in [0.4, 0.5) is 0 Å². The zero-order valence-electron chi connectivity index (χ0n) is 23.9. The summed E-state index contributed by atoms with van der Waals surface area (Å²) in [5.41, 5.74) is 4.52. The number of aryl methyl sites for hydroxylation is 1. The fourth-order valence-corrected chi connectivity index (χ4v) is 4.38. The topological polar surface area (TPSA) is 102 Å². The number of aromatic nitrogens is 1. The van der Waals surface area contributed by atoms with Crippen LogP contribution in [-0.4, -0.2) is 36.6 Å². The highest BCUT2D eigenvalue weighted by molar-refractivity contribution is 5.94. The molecule has 0 saturated heterocycles. The van der Waals surface area contributed by atoms with E-state index in [1.165, 1.54) is 17.8 Å². The minimum absolute atomic E-state index is 0.0814. The summed E-state index contributed by atoms with van der Waals surface area (Å²) in [7, 11) is 1.62. The zero-order valence-corrected chi connectivity index (χ0v) is 23.9. The Morgan fingerprint density at radius 2 is 1.67 bits per heavy atom. The van der Waals surface area contributed by atoms with E-state index in [1.807, 2.05) is 0 Å². The maximum atomic E-state index is 11.6. The van der Waals surface area contributed by atoms with Gasteiger partial charge in [0.05, 0.1) is 23.4 Å². The number of carbonyl (C=O) groups is 1. The number of hydrogen-bond acceptors (Lipinski definition) is 6. The van der Waals surface area contributed by atoms with Crippen molar-refractivity contribution >= 4 is 5.97 Å². The van der Waals surface area contributed by atoms with Crippen LogP contribution < -0.4 is 9.47 Å². The molecule has 0 aliphatic carbocycles. The molecule has 39 heavy (non-hydrogen) atoms. The van der Waals surface area contributed by atoms with Gasteiger partial charge in [-0.3, -0.25) is 4.98 Å². The minimum atomic E-state index is -1.07. The largest absolute Gasteiger partial charge is 0.492 e. The molecule has 3 aromatic rings. The number of aromatic carboxylic acids is 1. The second-order valence-electron chi connectivity index (χ2n) is 11.6. The second-order valence-corrected chi connectivity index (χ2v) is 11.6. The van der Waals surface area contributed by atoms with Crippen LogP contribution in [0, 0.1) is 11.3 Å². The standard InChI is InChI=1S/C32H38N2O5/c1-31(2,3)25-16-21(17-26(32(4,5)6)29(25)39-20-37-7)10-9-15-38-27-13-12-22(18-23(27)19-33)28-24(30(35)36)11-8-14-34-28/h8,11-14,16-18H,9-10,15,20H2,1-7H3,(H,35,36). The zero-order chi connectivity index (χ0) is 28.8. The first kappa shape index (κ1) is 29.7. The number of nitriles is 1. The lowest BCUT2D eigenvalue weighted by molar-refractivity contribution is 0.0484. The number of ether oxygens (including phenoxy) is 3. The molecule has 7 nitrogen and oxygen atoms in total. The van der Waals surface area contributed by atoms with Gasteiger partial charge in [0.1, 0.15) is 17.6 Å². The Hall–Kier alpha value is -3.89. The van der Waals surface area contributed by atoms with Crippen molar-refractivity contribution in [3.8, 4) is 28.8 Å². The first-order chi connectivity index (χ1) is 18.4. The van der Waals surface area contributed by atoms with E-state index in [0.29, 0.717) is 29.2 Å². The molecule has 0 bridgehead atoms. The van der Waals surface area contributed by atoms with Crippen LogP contribution in [0.5, 0.6) is 11.5 Å². The number of carboxylic acid groups (broad SMARTS) is 1. The summed E-state index contributed by atoms with van der Waals surface area (Å²) in [6.07, 6.45) is 3.08. The summed E-state index contributed by atoms with van der Waals surface area (Å²) in [6.45, 7) is 13.7. The van der Waals surface area contributed by atoms with E-state index in [9.17, 15) is 15.2 Å². The molecule has 1 N–H and O–H groups in total. The molecule has 3 rings (SSSR count). The van der Waals surface area contributed by atoms with E-state index in [-0.39, 0.29) is 23.2 Å². The van der Waals surface area contributed by atoms with Crippen LogP contribution in [0.15, 0.2) is 48.7 Å². The van der Waals surface area contributed by atoms with Crippen molar-refractivity contribution in [2.24, 2.45) is 0 Å². The smallest absolute Gasteiger partial charge is 0.337 e. The van der Waals surface area contributed by atoms with Gasteiger partial charge in [0.15, 0.2) is 6.79 Å². The molecule has 0 amide bonds. The van der Waals surface area contributed by atoms with Gasteiger partial charge in [-0.2, -0.15) is 5.26 Å². The maximum absolute atomic E-state index is 11.6. The number of nitrogens with zero attached hydrogens (tertiary/aromatic N) is 2. The second kappa shape index (κ2) is 12.3. The lowest BCUT2D eigenvalue weighted by Gasteiger charge is -2.30. The van der Waals surface area contributed by atoms with Gasteiger partial charge in [0.2, 0.25) is 0 Å². The normalized spacial score (nSPS) is 11.6. The first-order valence-corrected chi connectivity index (χ1v) is 13.0. The van der Waals surface area contributed by atoms with E-state index in [2.05, 4.69) is 64.7 Å². The summed E-state index contributed by atoms with van der Waals surface area (Å²) in [5, 5.41) is 19.2. The highest BCUT2D eigenvalue weighted by atomic mass is 16.7. The number of rotatable bonds is 10. The Kier molecular flexibility index (Phi) is 9.36. The average Bonchev–Trinajstić information content (AvgIpc) is 2.88. The highest BCUT2D eigenvalue weighted by Crippen LogP contribution is 2.41. The van der Waals surface area contributed by atoms with Crippen molar-refractivity contribution in [1.82, 2.24) is 4.98 Å². The van der Waals surface area contributed by atoms with Gasteiger partial charge in [0, 0.05) is 30.0 Å². The summed E-state index contributed by atoms with van der Waals surface area (Å²) in [4.78, 5) is 15.8. The van der Waals surface area contributed by atoms with Gasteiger partial charge in [-0.25, -0.2) is 4.79 Å². The van der Waals surface area contributed by atoms with Crippen LogP contribution in [0.3, 0.4) is 0 Å². The molecule has 1 heterocycles. The molecule has 0 fully saturated rings. The third-order valence-electron chi connectivity index (χ3n) is 6.36. The quantitative estimate of drug-likeness (QED) is 0.224. The van der Waals surface area contributed by atoms with Crippen LogP contribution >= 0.6 is 0 Å². The van der Waals surface area contributed by atoms with Crippen molar-refractivity contribution in [1.29, 1.82) is 5.26 Å². The maximum Gasteiger partial charge on any atom is 0.337 e. The predicted molar refractivity (Wildman–Crippen MR) is 152 cm³/mol. The molecule has 7 heteroatoms. The number of hydrogen-bond donors (Lipinski definition) is 1. The molecule has 0 saturated carbocycles. The van der Waals surface area contributed by atoms with E-state index < -0.39 is 5.97 Å². The van der Waals surface area contributed by atoms with Crippen LogP contribution in [0.25, 0.3) is 11.3 Å². The van der Waals surface area contributed by atoms with Gasteiger partial charge < -0.3 is 19.3 Å². The molecule has 0 radical (unpaired) electrons. The molecular formula is C32H38N2O5. The lowest BCUT2D eigenvalue weighted by Crippen LogP contribution is -2.21. The molecule has 206 valence electrons. The Bertz CT molecular complexity index is 1330. The Balaban J connectivity index is 1.79. The van der Waals surface area contributed by atoms with Gasteiger partial charge in [-0.05, 0) is 59.6 Å². The third-order valence-corrected chi connectivity index (χ3v) is 6.36. The lowest BCUT2D eigenvalue weighted by atomic mass is 9.78. The van der Waals surface area contributed by atoms with Gasteiger partial charge in [-0.15, -0.1) is 0 Å². The Labute approximate surface area is 231 Å². The first-order valence-electron chi connectivity index (χ1n) is 13.0. The van der Waals surface area contributed by atoms with Crippen molar-refractivity contribution in [2.45, 2.75) is 65.2 Å². The van der Waals surface area contributed by atoms with E-state index in [4.69, 9.17) is 14.2 Å². The Morgan fingerprint density at radius 1 is 1.00 bits per heavy atom. The number of carboxylic acids is 1. The third kappa shape index (κ3) is 7.36. The number of pyridine rings is 1. The fourth-order valence-electron chi connectivity index (χ4n) is 4.38. The fraction of sp³-hybridized carbons (Fsp3) is 0.406. The van der Waals surface area contributed by atoms with Crippen molar-refractivity contribution < 1.29 is 24.1 Å². The SMILES string of the molecule is COCOc1c(C(C)(C)C)cc(CCCOc2ccc(-c3ncccc3C(=O)O)cc2C#N)cc1C(C)(C)C. The van der Waals surface area contributed by atoms with Gasteiger partial charge in [-0.1, -0.05) is 53.7 Å². The van der Waals surface area contributed by atoms with E-state index in [1.54, 1.807) is 31.4 Å².